The number of halogens is 4. The Bertz CT molecular complexity index is 1160. The molecule has 4 rings (SSSR count). The largest absolute Gasteiger partial charge is 0.416 e. The molecule has 0 aromatic heterocycles. The SMILES string of the molecule is Cc1ccc(NC(=O)c2ccc(CCl)c(C(F)(F)F)c2)cc1-c1cccc(C2COC2)c1. The lowest BCUT2D eigenvalue weighted by Crippen LogP contribution is -2.24. The van der Waals surface area contributed by atoms with Crippen molar-refractivity contribution in [3.8, 4) is 11.1 Å². The van der Waals surface area contributed by atoms with Crippen molar-refractivity contribution < 1.29 is 22.7 Å². The summed E-state index contributed by atoms with van der Waals surface area (Å²) in [5.74, 6) is -0.520. The molecule has 0 aliphatic carbocycles. The Kier molecular flexibility index (Phi) is 6.26. The van der Waals surface area contributed by atoms with Gasteiger partial charge in [-0.3, -0.25) is 4.79 Å². The van der Waals surface area contributed by atoms with Crippen molar-refractivity contribution in [1.82, 2.24) is 0 Å². The van der Waals surface area contributed by atoms with Crippen LogP contribution >= 0.6 is 11.6 Å². The van der Waals surface area contributed by atoms with Crippen LogP contribution in [0.5, 0.6) is 0 Å². The van der Waals surface area contributed by atoms with E-state index in [0.717, 1.165) is 22.8 Å². The van der Waals surface area contributed by atoms with Crippen LogP contribution in [-0.2, 0) is 16.8 Å². The number of benzene rings is 3. The second-order valence-electron chi connectivity index (χ2n) is 7.85. The van der Waals surface area contributed by atoms with Gasteiger partial charge in [-0.25, -0.2) is 0 Å². The number of ether oxygens (including phenoxy) is 1. The Hall–Kier alpha value is -2.83. The van der Waals surface area contributed by atoms with Gasteiger partial charge in [0.25, 0.3) is 5.91 Å². The average molecular weight is 460 g/mol. The number of carbonyl (C=O) groups is 1. The first-order chi connectivity index (χ1) is 15.3. The fourth-order valence-corrected chi connectivity index (χ4v) is 3.93. The molecule has 1 N–H and O–H groups in total. The van der Waals surface area contributed by atoms with Crippen LogP contribution in [0.25, 0.3) is 11.1 Å². The number of aryl methyl sites for hydroxylation is 1. The second-order valence-corrected chi connectivity index (χ2v) is 8.11. The van der Waals surface area contributed by atoms with E-state index >= 15 is 0 Å². The molecule has 0 bridgehead atoms. The fourth-order valence-electron chi connectivity index (χ4n) is 3.70. The van der Waals surface area contributed by atoms with Crippen molar-refractivity contribution in [3.05, 3.63) is 88.5 Å². The molecule has 0 unspecified atom stereocenters. The van der Waals surface area contributed by atoms with Crippen LogP contribution in [0.3, 0.4) is 0 Å². The topological polar surface area (TPSA) is 38.3 Å². The molecule has 1 aliphatic heterocycles. The van der Waals surface area contributed by atoms with Gasteiger partial charge in [-0.05, 0) is 59.0 Å². The van der Waals surface area contributed by atoms with Crippen molar-refractivity contribution in [3.63, 3.8) is 0 Å². The third-order valence-corrected chi connectivity index (χ3v) is 5.91. The van der Waals surface area contributed by atoms with Crippen molar-refractivity contribution in [2.24, 2.45) is 0 Å². The van der Waals surface area contributed by atoms with Crippen LogP contribution in [0.2, 0.25) is 0 Å². The monoisotopic (exact) mass is 459 g/mol. The first-order valence-electron chi connectivity index (χ1n) is 10.1. The van der Waals surface area contributed by atoms with Gasteiger partial charge in [-0.2, -0.15) is 13.2 Å². The summed E-state index contributed by atoms with van der Waals surface area (Å²) < 4.78 is 45.2. The predicted molar refractivity (Wildman–Crippen MR) is 119 cm³/mol. The van der Waals surface area contributed by atoms with Crippen LogP contribution in [0.1, 0.15) is 38.5 Å². The summed E-state index contributed by atoms with van der Waals surface area (Å²) in [4.78, 5) is 12.7. The molecule has 3 nitrogen and oxygen atoms in total. The minimum absolute atomic E-state index is 0.0647. The number of hydrogen-bond donors (Lipinski definition) is 1. The number of nitrogens with one attached hydrogen (secondary N) is 1. The van der Waals surface area contributed by atoms with E-state index in [4.69, 9.17) is 16.3 Å². The summed E-state index contributed by atoms with van der Waals surface area (Å²) in [6.07, 6.45) is -4.59. The Morgan fingerprint density at radius 2 is 1.88 bits per heavy atom. The fraction of sp³-hybridized carbons (Fsp3) is 0.240. The molecular weight excluding hydrogens is 439 g/mol. The number of anilines is 1. The van der Waals surface area contributed by atoms with Crippen molar-refractivity contribution in [2.45, 2.75) is 24.9 Å². The highest BCUT2D eigenvalue weighted by Gasteiger charge is 2.33. The first kappa shape index (κ1) is 22.4. The molecule has 1 aliphatic rings. The van der Waals surface area contributed by atoms with Crippen molar-refractivity contribution in [2.75, 3.05) is 18.5 Å². The van der Waals surface area contributed by atoms with E-state index in [1.807, 2.05) is 31.2 Å². The van der Waals surface area contributed by atoms with E-state index in [0.29, 0.717) is 24.8 Å². The maximum atomic E-state index is 13.3. The molecule has 0 saturated carbocycles. The summed E-state index contributed by atoms with van der Waals surface area (Å²) in [5, 5.41) is 2.71. The molecule has 0 radical (unpaired) electrons. The van der Waals surface area contributed by atoms with Gasteiger partial charge >= 0.3 is 6.18 Å². The van der Waals surface area contributed by atoms with E-state index < -0.39 is 17.6 Å². The van der Waals surface area contributed by atoms with E-state index in [2.05, 4.69) is 17.4 Å². The lowest BCUT2D eigenvalue weighted by molar-refractivity contribution is -0.138. The predicted octanol–water partition coefficient (Wildman–Crippen LogP) is 6.79. The average Bonchev–Trinajstić information content (AvgIpc) is 2.73. The van der Waals surface area contributed by atoms with Crippen molar-refractivity contribution in [1.29, 1.82) is 0 Å². The molecule has 0 atom stereocenters. The summed E-state index contributed by atoms with van der Waals surface area (Å²) in [5.41, 5.74) is 3.62. The third kappa shape index (κ3) is 4.66. The zero-order valence-electron chi connectivity index (χ0n) is 17.3. The highest BCUT2D eigenvalue weighted by atomic mass is 35.5. The lowest BCUT2D eigenvalue weighted by Gasteiger charge is -2.26. The smallest absolute Gasteiger partial charge is 0.380 e. The Morgan fingerprint density at radius 3 is 2.53 bits per heavy atom. The van der Waals surface area contributed by atoms with E-state index in [1.54, 1.807) is 6.07 Å². The minimum atomic E-state index is -4.59. The van der Waals surface area contributed by atoms with E-state index in [9.17, 15) is 18.0 Å². The number of hydrogen-bond acceptors (Lipinski definition) is 2. The Labute approximate surface area is 189 Å². The van der Waals surface area contributed by atoms with Crippen LogP contribution in [0.4, 0.5) is 18.9 Å². The van der Waals surface area contributed by atoms with Crippen LogP contribution in [0, 0.1) is 6.92 Å². The number of alkyl halides is 4. The van der Waals surface area contributed by atoms with Crippen molar-refractivity contribution >= 4 is 23.2 Å². The zero-order valence-corrected chi connectivity index (χ0v) is 18.1. The molecular formula is C25H21ClF3NO2. The second kappa shape index (κ2) is 8.96. The van der Waals surface area contributed by atoms with Gasteiger partial charge in [0.1, 0.15) is 0 Å². The summed E-state index contributed by atoms with van der Waals surface area (Å²) >= 11 is 5.63. The zero-order chi connectivity index (χ0) is 22.9. The van der Waals surface area contributed by atoms with Crippen LogP contribution in [-0.4, -0.2) is 19.1 Å². The molecule has 3 aromatic carbocycles. The van der Waals surface area contributed by atoms with Gasteiger partial charge < -0.3 is 10.1 Å². The molecule has 0 spiro atoms. The molecule has 1 saturated heterocycles. The molecule has 3 aromatic rings. The summed E-state index contributed by atoms with van der Waals surface area (Å²) in [6.45, 7) is 3.39. The standard InChI is InChI=1S/C25H21ClF3NO2/c1-15-5-8-21(11-22(15)17-4-2-3-16(9-17)20-13-32-14-20)30-24(31)18-6-7-19(12-26)23(10-18)25(27,28)29/h2-11,20H,12-14H2,1H3,(H,30,31). The molecule has 1 fully saturated rings. The first-order valence-corrected chi connectivity index (χ1v) is 10.7. The Balaban J connectivity index is 1.60. The van der Waals surface area contributed by atoms with E-state index in [-0.39, 0.29) is 17.0 Å². The van der Waals surface area contributed by atoms with Gasteiger partial charge in [0.05, 0.1) is 18.8 Å². The third-order valence-electron chi connectivity index (χ3n) is 5.62. The summed E-state index contributed by atoms with van der Waals surface area (Å²) in [7, 11) is 0. The maximum Gasteiger partial charge on any atom is 0.416 e. The normalized spacial score (nSPS) is 14.2. The number of amides is 1. The highest BCUT2D eigenvalue weighted by molar-refractivity contribution is 6.17. The molecule has 1 amide bonds. The van der Waals surface area contributed by atoms with Gasteiger partial charge in [-0.1, -0.05) is 36.4 Å². The van der Waals surface area contributed by atoms with Crippen LogP contribution < -0.4 is 5.32 Å². The highest BCUT2D eigenvalue weighted by Crippen LogP contribution is 2.34. The number of rotatable bonds is 5. The molecule has 1 heterocycles. The van der Waals surface area contributed by atoms with Gasteiger partial charge in [-0.15, -0.1) is 11.6 Å². The van der Waals surface area contributed by atoms with Crippen LogP contribution in [0.15, 0.2) is 60.7 Å². The quantitative estimate of drug-likeness (QED) is 0.427. The maximum absolute atomic E-state index is 13.3. The lowest BCUT2D eigenvalue weighted by atomic mass is 9.92. The summed E-state index contributed by atoms with van der Waals surface area (Å²) in [6, 6.07) is 17.0. The van der Waals surface area contributed by atoms with Gasteiger partial charge in [0.2, 0.25) is 0 Å². The Morgan fingerprint density at radius 1 is 1.09 bits per heavy atom. The molecule has 166 valence electrons. The van der Waals surface area contributed by atoms with Gasteiger partial charge in [0.15, 0.2) is 0 Å². The molecule has 7 heteroatoms. The van der Waals surface area contributed by atoms with E-state index in [1.165, 1.54) is 17.7 Å². The minimum Gasteiger partial charge on any atom is -0.380 e. The number of carbonyl (C=O) groups excluding carboxylic acids is 1. The molecule has 32 heavy (non-hydrogen) atoms. The van der Waals surface area contributed by atoms with Gasteiger partial charge in [0, 0.05) is 23.0 Å².